The van der Waals surface area contributed by atoms with Gasteiger partial charge >= 0.3 is 0 Å². The zero-order valence-electron chi connectivity index (χ0n) is 20.1. The molecule has 1 aliphatic heterocycles. The second kappa shape index (κ2) is 10.3. The summed E-state index contributed by atoms with van der Waals surface area (Å²) in [5, 5.41) is 18.1. The number of benzene rings is 1. The first-order valence-corrected chi connectivity index (χ1v) is 12.3. The molecule has 1 aromatic heterocycles. The molecule has 0 amide bonds. The summed E-state index contributed by atoms with van der Waals surface area (Å²) in [7, 11) is 0. The van der Waals surface area contributed by atoms with Gasteiger partial charge in [-0.1, -0.05) is 43.2 Å². The number of nitrogens with zero attached hydrogens (tertiary/aromatic N) is 3. The highest BCUT2D eigenvalue weighted by Crippen LogP contribution is 2.39. The first-order valence-electron chi connectivity index (χ1n) is 12.3. The molecular formula is C27H39N3O2. The van der Waals surface area contributed by atoms with Gasteiger partial charge in [-0.2, -0.15) is 0 Å². The lowest BCUT2D eigenvalue weighted by molar-refractivity contribution is 0.103. The number of aryl methyl sites for hydroxylation is 1. The van der Waals surface area contributed by atoms with Crippen molar-refractivity contribution in [3.05, 3.63) is 47.4 Å². The summed E-state index contributed by atoms with van der Waals surface area (Å²) in [6.45, 7) is 12.8. The molecule has 1 aliphatic carbocycles. The number of rotatable bonds is 7. The SMILES string of the molecule is CC1=C[C@@H](CN2CCC(CO)CC2)[C@H](C(C)C)C[C@@H]1Cc1nnc(-c2ccc(C)cc2)o1. The van der Waals surface area contributed by atoms with E-state index in [0.717, 1.165) is 50.4 Å². The zero-order chi connectivity index (χ0) is 22.7. The Morgan fingerprint density at radius 2 is 1.81 bits per heavy atom. The maximum atomic E-state index is 9.43. The molecule has 2 aliphatic rings. The van der Waals surface area contributed by atoms with Gasteiger partial charge in [0.15, 0.2) is 0 Å². The summed E-state index contributed by atoms with van der Waals surface area (Å²) in [6, 6.07) is 8.24. The first-order chi connectivity index (χ1) is 15.4. The maximum absolute atomic E-state index is 9.43. The van der Waals surface area contributed by atoms with Gasteiger partial charge in [0.2, 0.25) is 11.8 Å². The van der Waals surface area contributed by atoms with E-state index in [1.807, 2.05) is 12.1 Å². The van der Waals surface area contributed by atoms with E-state index in [9.17, 15) is 5.11 Å². The largest absolute Gasteiger partial charge is 0.421 e. The highest BCUT2D eigenvalue weighted by atomic mass is 16.4. The van der Waals surface area contributed by atoms with Gasteiger partial charge in [-0.05, 0) is 87.9 Å². The van der Waals surface area contributed by atoms with Gasteiger partial charge in [0.05, 0.1) is 0 Å². The molecule has 2 heterocycles. The summed E-state index contributed by atoms with van der Waals surface area (Å²) < 4.78 is 6.05. The Hall–Kier alpha value is -1.98. The molecule has 0 unspecified atom stereocenters. The normalized spacial score (nSPS) is 25.3. The number of aliphatic hydroxyl groups excluding tert-OH is 1. The van der Waals surface area contributed by atoms with Crippen molar-refractivity contribution in [1.82, 2.24) is 15.1 Å². The molecule has 2 aromatic rings. The molecule has 174 valence electrons. The highest BCUT2D eigenvalue weighted by molar-refractivity contribution is 5.52. The van der Waals surface area contributed by atoms with Crippen molar-refractivity contribution < 1.29 is 9.52 Å². The van der Waals surface area contributed by atoms with Crippen molar-refractivity contribution in [2.75, 3.05) is 26.2 Å². The van der Waals surface area contributed by atoms with Crippen LogP contribution in [0.5, 0.6) is 0 Å². The molecule has 1 N–H and O–H groups in total. The lowest BCUT2D eigenvalue weighted by Crippen LogP contribution is -2.41. The van der Waals surface area contributed by atoms with E-state index in [0.29, 0.717) is 42.1 Å². The van der Waals surface area contributed by atoms with Gasteiger partial charge in [0.1, 0.15) is 0 Å². The third-order valence-electron chi connectivity index (χ3n) is 7.70. The highest BCUT2D eigenvalue weighted by Gasteiger charge is 2.34. The number of piperidine rings is 1. The summed E-state index contributed by atoms with van der Waals surface area (Å²) in [5.74, 6) is 4.23. The summed E-state index contributed by atoms with van der Waals surface area (Å²) >= 11 is 0. The minimum Gasteiger partial charge on any atom is -0.421 e. The van der Waals surface area contributed by atoms with Gasteiger partial charge in [0.25, 0.3) is 0 Å². The third kappa shape index (κ3) is 5.49. The lowest BCUT2D eigenvalue weighted by Gasteiger charge is -2.40. The number of allylic oxidation sites excluding steroid dienone is 1. The number of hydrogen-bond acceptors (Lipinski definition) is 5. The van der Waals surface area contributed by atoms with E-state index in [1.54, 1.807) is 0 Å². The van der Waals surface area contributed by atoms with E-state index >= 15 is 0 Å². The van der Waals surface area contributed by atoms with E-state index in [-0.39, 0.29) is 0 Å². The molecule has 5 nitrogen and oxygen atoms in total. The van der Waals surface area contributed by atoms with Crippen molar-refractivity contribution in [1.29, 1.82) is 0 Å². The minimum absolute atomic E-state index is 0.341. The Labute approximate surface area is 192 Å². The van der Waals surface area contributed by atoms with Crippen LogP contribution in [0.3, 0.4) is 0 Å². The molecule has 5 heteroatoms. The molecule has 4 rings (SSSR count). The van der Waals surface area contributed by atoms with Gasteiger partial charge in [0, 0.05) is 25.1 Å². The molecule has 1 fully saturated rings. The second-order valence-electron chi connectivity index (χ2n) is 10.4. The van der Waals surface area contributed by atoms with Gasteiger partial charge < -0.3 is 14.4 Å². The van der Waals surface area contributed by atoms with Crippen LogP contribution in [0.1, 0.15) is 51.5 Å². The van der Waals surface area contributed by atoms with Crippen LogP contribution in [0.2, 0.25) is 0 Å². The van der Waals surface area contributed by atoms with Gasteiger partial charge in [-0.25, -0.2) is 0 Å². The predicted molar refractivity (Wildman–Crippen MR) is 128 cm³/mol. The number of likely N-dealkylation sites (tertiary alicyclic amines) is 1. The second-order valence-corrected chi connectivity index (χ2v) is 10.4. The Morgan fingerprint density at radius 1 is 1.09 bits per heavy atom. The molecular weight excluding hydrogens is 398 g/mol. The van der Waals surface area contributed by atoms with Crippen LogP contribution in [-0.2, 0) is 6.42 Å². The van der Waals surface area contributed by atoms with Gasteiger partial charge in [-0.15, -0.1) is 10.2 Å². The van der Waals surface area contributed by atoms with Crippen LogP contribution >= 0.6 is 0 Å². The lowest BCUT2D eigenvalue weighted by atomic mass is 9.69. The number of aliphatic hydroxyl groups is 1. The molecule has 3 atom stereocenters. The predicted octanol–water partition coefficient (Wildman–Crippen LogP) is 5.15. The van der Waals surface area contributed by atoms with Crippen molar-refractivity contribution >= 4 is 0 Å². The zero-order valence-corrected chi connectivity index (χ0v) is 20.1. The van der Waals surface area contributed by atoms with Crippen LogP contribution in [0.4, 0.5) is 0 Å². The molecule has 32 heavy (non-hydrogen) atoms. The molecule has 0 saturated carbocycles. The average Bonchev–Trinajstić information content (AvgIpc) is 3.25. The van der Waals surface area contributed by atoms with E-state index < -0.39 is 0 Å². The number of hydrogen-bond donors (Lipinski definition) is 1. The minimum atomic E-state index is 0.341. The molecule has 1 aromatic carbocycles. The third-order valence-corrected chi connectivity index (χ3v) is 7.70. The van der Waals surface area contributed by atoms with Crippen LogP contribution in [0, 0.1) is 36.5 Å². The average molecular weight is 438 g/mol. The van der Waals surface area contributed by atoms with Crippen molar-refractivity contribution in [3.63, 3.8) is 0 Å². The standard InChI is InChI=1S/C27H39N3O2/c1-18(2)25-14-23(15-26-28-29-27(32-26)22-7-5-19(3)6-8-22)20(4)13-24(25)16-30-11-9-21(17-31)10-12-30/h5-8,13,18,21,23-25,31H,9-12,14-17H2,1-4H3/t23-,24+,25+/m1/s1. The maximum Gasteiger partial charge on any atom is 0.247 e. The Morgan fingerprint density at radius 3 is 2.47 bits per heavy atom. The van der Waals surface area contributed by atoms with E-state index in [2.05, 4.69) is 61.0 Å². The van der Waals surface area contributed by atoms with Crippen LogP contribution in [0.25, 0.3) is 11.5 Å². The Bertz CT molecular complexity index is 894. The molecule has 1 saturated heterocycles. The molecule has 0 bridgehead atoms. The van der Waals surface area contributed by atoms with Crippen molar-refractivity contribution in [2.45, 2.75) is 53.4 Å². The quantitative estimate of drug-likeness (QED) is 0.607. The first kappa shape index (κ1) is 23.2. The molecule has 0 radical (unpaired) electrons. The van der Waals surface area contributed by atoms with Crippen LogP contribution < -0.4 is 0 Å². The summed E-state index contributed by atoms with van der Waals surface area (Å²) in [5.41, 5.74) is 3.67. The smallest absolute Gasteiger partial charge is 0.247 e. The van der Waals surface area contributed by atoms with Crippen LogP contribution in [0.15, 0.2) is 40.3 Å². The summed E-state index contributed by atoms with van der Waals surface area (Å²) in [6.07, 6.45) is 6.79. The van der Waals surface area contributed by atoms with E-state index in [4.69, 9.17) is 4.42 Å². The fourth-order valence-electron chi connectivity index (χ4n) is 5.49. The number of aromatic nitrogens is 2. The Kier molecular flexibility index (Phi) is 7.47. The Balaban J connectivity index is 1.42. The van der Waals surface area contributed by atoms with Gasteiger partial charge in [-0.3, -0.25) is 0 Å². The van der Waals surface area contributed by atoms with E-state index in [1.165, 1.54) is 17.6 Å². The fourth-order valence-corrected chi connectivity index (χ4v) is 5.49. The fraction of sp³-hybridized carbons (Fsp3) is 0.630. The van der Waals surface area contributed by atoms with Crippen LogP contribution in [-0.4, -0.2) is 46.4 Å². The van der Waals surface area contributed by atoms with Crippen molar-refractivity contribution in [2.24, 2.45) is 29.6 Å². The molecule has 0 spiro atoms. The topological polar surface area (TPSA) is 62.4 Å². The summed E-state index contributed by atoms with van der Waals surface area (Å²) in [4.78, 5) is 2.61. The monoisotopic (exact) mass is 437 g/mol. The van der Waals surface area contributed by atoms with Crippen molar-refractivity contribution in [3.8, 4) is 11.5 Å².